The molecule has 0 saturated heterocycles. The molecule has 0 spiro atoms. The Labute approximate surface area is 109 Å². The molecule has 88 valence electrons. The van der Waals surface area contributed by atoms with E-state index in [0.29, 0.717) is 5.75 Å². The van der Waals surface area contributed by atoms with Crippen LogP contribution in [0.3, 0.4) is 0 Å². The molecule has 1 amide bonds. The van der Waals surface area contributed by atoms with E-state index in [1.165, 1.54) is 5.56 Å². The standard InChI is InChI=1S/C12H16BrNOS/c1-9(2)14-12(15)8-16-7-10-5-3-4-6-11(10)13/h3-6,9H,7-8H2,1-2H3,(H,14,15). The molecule has 2 nitrogen and oxygen atoms in total. The largest absolute Gasteiger partial charge is 0.353 e. The van der Waals surface area contributed by atoms with Crippen molar-refractivity contribution in [3.63, 3.8) is 0 Å². The van der Waals surface area contributed by atoms with Gasteiger partial charge in [0.05, 0.1) is 5.75 Å². The third-order valence-corrected chi connectivity index (χ3v) is 3.65. The average molecular weight is 302 g/mol. The minimum atomic E-state index is 0.104. The highest BCUT2D eigenvalue weighted by Crippen LogP contribution is 2.20. The average Bonchev–Trinajstić information content (AvgIpc) is 2.19. The molecular weight excluding hydrogens is 286 g/mol. The van der Waals surface area contributed by atoms with E-state index in [9.17, 15) is 4.79 Å². The normalized spacial score (nSPS) is 10.5. The maximum absolute atomic E-state index is 11.4. The summed E-state index contributed by atoms with van der Waals surface area (Å²) in [4.78, 5) is 11.4. The smallest absolute Gasteiger partial charge is 0.230 e. The van der Waals surface area contributed by atoms with Gasteiger partial charge in [-0.2, -0.15) is 0 Å². The summed E-state index contributed by atoms with van der Waals surface area (Å²) < 4.78 is 1.10. The maximum atomic E-state index is 11.4. The summed E-state index contributed by atoms with van der Waals surface area (Å²) in [6.07, 6.45) is 0. The van der Waals surface area contributed by atoms with Crippen LogP contribution in [0, 0.1) is 0 Å². The molecule has 1 aromatic carbocycles. The fourth-order valence-electron chi connectivity index (χ4n) is 1.23. The van der Waals surface area contributed by atoms with Gasteiger partial charge in [-0.15, -0.1) is 11.8 Å². The fraction of sp³-hybridized carbons (Fsp3) is 0.417. The van der Waals surface area contributed by atoms with E-state index >= 15 is 0 Å². The zero-order valence-corrected chi connectivity index (χ0v) is 11.9. The first-order valence-corrected chi connectivity index (χ1v) is 7.15. The Balaban J connectivity index is 2.31. The van der Waals surface area contributed by atoms with E-state index in [4.69, 9.17) is 0 Å². The lowest BCUT2D eigenvalue weighted by Gasteiger charge is -2.08. The Hall–Kier alpha value is -0.480. The molecule has 0 fully saturated rings. The molecule has 0 aliphatic heterocycles. The molecule has 0 aliphatic carbocycles. The third-order valence-electron chi connectivity index (χ3n) is 1.90. The molecular formula is C12H16BrNOS. The molecule has 1 N–H and O–H groups in total. The highest BCUT2D eigenvalue weighted by molar-refractivity contribution is 9.10. The van der Waals surface area contributed by atoms with Gasteiger partial charge in [0.25, 0.3) is 0 Å². The number of halogens is 1. The van der Waals surface area contributed by atoms with Gasteiger partial charge in [-0.1, -0.05) is 34.1 Å². The number of nitrogens with one attached hydrogen (secondary N) is 1. The van der Waals surface area contributed by atoms with E-state index < -0.39 is 0 Å². The summed E-state index contributed by atoms with van der Waals surface area (Å²) in [5.41, 5.74) is 1.23. The first-order valence-electron chi connectivity index (χ1n) is 5.20. The summed E-state index contributed by atoms with van der Waals surface area (Å²) in [5, 5.41) is 2.87. The summed E-state index contributed by atoms with van der Waals surface area (Å²) in [7, 11) is 0. The fourth-order valence-corrected chi connectivity index (χ4v) is 2.69. The number of hydrogen-bond acceptors (Lipinski definition) is 2. The molecule has 0 bridgehead atoms. The van der Waals surface area contributed by atoms with Crippen molar-refractivity contribution < 1.29 is 4.79 Å². The van der Waals surface area contributed by atoms with Crippen molar-refractivity contribution in [3.8, 4) is 0 Å². The van der Waals surface area contributed by atoms with Gasteiger partial charge < -0.3 is 5.32 Å². The molecule has 0 saturated carbocycles. The van der Waals surface area contributed by atoms with Gasteiger partial charge in [-0.25, -0.2) is 0 Å². The van der Waals surface area contributed by atoms with Crippen molar-refractivity contribution in [2.75, 3.05) is 5.75 Å². The van der Waals surface area contributed by atoms with Crippen LogP contribution in [0.1, 0.15) is 19.4 Å². The minimum absolute atomic E-state index is 0.104. The molecule has 16 heavy (non-hydrogen) atoms. The Kier molecular flexibility index (Phi) is 5.91. The summed E-state index contributed by atoms with van der Waals surface area (Å²) in [5.74, 6) is 1.47. The molecule has 0 unspecified atom stereocenters. The van der Waals surface area contributed by atoms with Crippen LogP contribution in [-0.4, -0.2) is 17.7 Å². The number of amides is 1. The first kappa shape index (κ1) is 13.6. The second kappa shape index (κ2) is 6.97. The minimum Gasteiger partial charge on any atom is -0.353 e. The van der Waals surface area contributed by atoms with Crippen LogP contribution >= 0.6 is 27.7 Å². The van der Waals surface area contributed by atoms with Crippen molar-refractivity contribution in [1.29, 1.82) is 0 Å². The van der Waals surface area contributed by atoms with E-state index in [1.54, 1.807) is 11.8 Å². The Morgan fingerprint density at radius 2 is 2.12 bits per heavy atom. The number of carbonyl (C=O) groups is 1. The second-order valence-electron chi connectivity index (χ2n) is 3.81. The monoisotopic (exact) mass is 301 g/mol. The number of carbonyl (C=O) groups excluding carboxylic acids is 1. The second-order valence-corrected chi connectivity index (χ2v) is 5.65. The highest BCUT2D eigenvalue weighted by Gasteiger charge is 2.04. The summed E-state index contributed by atoms with van der Waals surface area (Å²) >= 11 is 5.12. The predicted molar refractivity (Wildman–Crippen MR) is 73.6 cm³/mol. The third kappa shape index (κ3) is 5.03. The van der Waals surface area contributed by atoms with Gasteiger partial charge in [0, 0.05) is 16.3 Å². The van der Waals surface area contributed by atoms with Gasteiger partial charge in [-0.05, 0) is 25.5 Å². The summed E-state index contributed by atoms with van der Waals surface area (Å²) in [6, 6.07) is 8.30. The van der Waals surface area contributed by atoms with Crippen molar-refractivity contribution in [1.82, 2.24) is 5.32 Å². The van der Waals surface area contributed by atoms with Crippen molar-refractivity contribution in [3.05, 3.63) is 34.3 Å². The summed E-state index contributed by atoms with van der Waals surface area (Å²) in [6.45, 7) is 3.94. The molecule has 0 heterocycles. The Morgan fingerprint density at radius 1 is 1.44 bits per heavy atom. The topological polar surface area (TPSA) is 29.1 Å². The van der Waals surface area contributed by atoms with Crippen LogP contribution in [-0.2, 0) is 10.5 Å². The number of benzene rings is 1. The molecule has 1 aromatic rings. The van der Waals surface area contributed by atoms with Crippen LogP contribution in [0.15, 0.2) is 28.7 Å². The van der Waals surface area contributed by atoms with Crippen molar-refractivity contribution in [2.45, 2.75) is 25.6 Å². The zero-order valence-electron chi connectivity index (χ0n) is 9.50. The van der Waals surface area contributed by atoms with E-state index in [-0.39, 0.29) is 11.9 Å². The molecule has 4 heteroatoms. The van der Waals surface area contributed by atoms with E-state index in [1.807, 2.05) is 32.0 Å². The van der Waals surface area contributed by atoms with Crippen LogP contribution in [0.5, 0.6) is 0 Å². The van der Waals surface area contributed by atoms with Crippen LogP contribution in [0.2, 0.25) is 0 Å². The van der Waals surface area contributed by atoms with Gasteiger partial charge in [0.2, 0.25) is 5.91 Å². The van der Waals surface area contributed by atoms with Crippen LogP contribution < -0.4 is 5.32 Å². The van der Waals surface area contributed by atoms with Gasteiger partial charge in [0.1, 0.15) is 0 Å². The zero-order chi connectivity index (χ0) is 12.0. The molecule has 1 rings (SSSR count). The molecule has 0 atom stereocenters. The number of rotatable bonds is 5. The predicted octanol–water partition coefficient (Wildman–Crippen LogP) is 3.21. The SMILES string of the molecule is CC(C)NC(=O)CSCc1ccccc1Br. The number of thioether (sulfide) groups is 1. The van der Waals surface area contributed by atoms with Gasteiger partial charge in [0.15, 0.2) is 0 Å². The lowest BCUT2D eigenvalue weighted by Crippen LogP contribution is -2.31. The Morgan fingerprint density at radius 3 is 2.75 bits per heavy atom. The lowest BCUT2D eigenvalue weighted by atomic mass is 10.2. The molecule has 0 aliphatic rings. The lowest BCUT2D eigenvalue weighted by molar-refractivity contribution is -0.119. The maximum Gasteiger partial charge on any atom is 0.230 e. The highest BCUT2D eigenvalue weighted by atomic mass is 79.9. The quantitative estimate of drug-likeness (QED) is 0.905. The van der Waals surface area contributed by atoms with Crippen molar-refractivity contribution >= 4 is 33.6 Å². The molecule has 0 radical (unpaired) electrons. The molecule has 0 aromatic heterocycles. The van der Waals surface area contributed by atoms with Crippen LogP contribution in [0.4, 0.5) is 0 Å². The Bertz CT molecular complexity index is 355. The van der Waals surface area contributed by atoms with Gasteiger partial charge >= 0.3 is 0 Å². The van der Waals surface area contributed by atoms with Gasteiger partial charge in [-0.3, -0.25) is 4.79 Å². The van der Waals surface area contributed by atoms with Crippen LogP contribution in [0.25, 0.3) is 0 Å². The first-order chi connectivity index (χ1) is 7.59. The number of hydrogen-bond donors (Lipinski definition) is 1. The van der Waals surface area contributed by atoms with E-state index in [2.05, 4.69) is 27.3 Å². The van der Waals surface area contributed by atoms with E-state index in [0.717, 1.165) is 10.2 Å². The van der Waals surface area contributed by atoms with Crippen molar-refractivity contribution in [2.24, 2.45) is 0 Å².